The van der Waals surface area contributed by atoms with Gasteiger partial charge in [-0.1, -0.05) is 12.1 Å². The van der Waals surface area contributed by atoms with Crippen LogP contribution < -0.4 is 5.32 Å². The van der Waals surface area contributed by atoms with Crippen molar-refractivity contribution in [1.29, 1.82) is 0 Å². The first kappa shape index (κ1) is 11.5. The Bertz CT molecular complexity index is 333. The Balaban J connectivity index is 1.77. The molecule has 88 valence electrons. The van der Waals surface area contributed by atoms with Crippen LogP contribution in [0.5, 0.6) is 0 Å². The molecule has 1 fully saturated rings. The van der Waals surface area contributed by atoms with Crippen LogP contribution in [0, 0.1) is 5.82 Å². The van der Waals surface area contributed by atoms with E-state index in [2.05, 4.69) is 5.32 Å². The number of hydrogen-bond acceptors (Lipinski definition) is 3. The third-order valence-electron chi connectivity index (χ3n) is 2.78. The van der Waals surface area contributed by atoms with Gasteiger partial charge in [0, 0.05) is 26.1 Å². The molecule has 1 heterocycles. The number of aliphatic hydroxyl groups is 1. The minimum atomic E-state index is -0.736. The molecule has 1 unspecified atom stereocenters. The van der Waals surface area contributed by atoms with Gasteiger partial charge >= 0.3 is 0 Å². The highest BCUT2D eigenvalue weighted by molar-refractivity contribution is 5.15. The Morgan fingerprint density at radius 3 is 2.75 bits per heavy atom. The first-order chi connectivity index (χ1) is 7.68. The van der Waals surface area contributed by atoms with Crippen molar-refractivity contribution in [2.75, 3.05) is 19.8 Å². The summed E-state index contributed by atoms with van der Waals surface area (Å²) in [6.07, 6.45) is 0.670. The van der Waals surface area contributed by atoms with Gasteiger partial charge < -0.3 is 15.2 Å². The van der Waals surface area contributed by atoms with Crippen LogP contribution >= 0.6 is 0 Å². The van der Waals surface area contributed by atoms with Crippen LogP contribution in [0.25, 0.3) is 0 Å². The van der Waals surface area contributed by atoms with Crippen LogP contribution in [0.1, 0.15) is 12.0 Å². The van der Waals surface area contributed by atoms with E-state index in [1.165, 1.54) is 12.1 Å². The second-order valence-corrected chi connectivity index (χ2v) is 4.26. The molecule has 2 rings (SSSR count). The summed E-state index contributed by atoms with van der Waals surface area (Å²) in [5, 5.41) is 13.1. The summed E-state index contributed by atoms with van der Waals surface area (Å²) in [4.78, 5) is 0. The minimum absolute atomic E-state index is 0.230. The molecule has 3 nitrogen and oxygen atoms in total. The molecule has 0 bridgehead atoms. The first-order valence-electron chi connectivity index (χ1n) is 5.43. The van der Waals surface area contributed by atoms with Crippen LogP contribution in [0.15, 0.2) is 24.3 Å². The van der Waals surface area contributed by atoms with Gasteiger partial charge in [0.15, 0.2) is 0 Å². The van der Waals surface area contributed by atoms with Crippen LogP contribution in [0.3, 0.4) is 0 Å². The zero-order valence-electron chi connectivity index (χ0n) is 9.08. The molecule has 0 saturated carbocycles. The van der Waals surface area contributed by atoms with E-state index in [0.717, 1.165) is 5.56 Å². The van der Waals surface area contributed by atoms with Gasteiger partial charge in [0.2, 0.25) is 0 Å². The molecule has 1 atom stereocenters. The summed E-state index contributed by atoms with van der Waals surface area (Å²) in [7, 11) is 0. The van der Waals surface area contributed by atoms with E-state index in [-0.39, 0.29) is 5.82 Å². The molecule has 1 aliphatic heterocycles. The average Bonchev–Trinajstić information content (AvgIpc) is 2.69. The monoisotopic (exact) mass is 225 g/mol. The molecule has 1 aliphatic rings. The molecule has 0 aliphatic carbocycles. The highest BCUT2D eigenvalue weighted by Crippen LogP contribution is 2.17. The van der Waals surface area contributed by atoms with Crippen molar-refractivity contribution < 1.29 is 14.2 Å². The summed E-state index contributed by atoms with van der Waals surface area (Å²) in [5.41, 5.74) is 0.268. The molecule has 2 N–H and O–H groups in total. The predicted molar refractivity (Wildman–Crippen MR) is 58.5 cm³/mol. The lowest BCUT2D eigenvalue weighted by atomic mass is 10.0. The third kappa shape index (κ3) is 3.01. The fourth-order valence-corrected chi connectivity index (χ4v) is 1.78. The van der Waals surface area contributed by atoms with Crippen LogP contribution in [0.4, 0.5) is 4.39 Å². The van der Waals surface area contributed by atoms with Crippen molar-refractivity contribution in [3.05, 3.63) is 35.6 Å². The van der Waals surface area contributed by atoms with Gasteiger partial charge in [-0.3, -0.25) is 0 Å². The summed E-state index contributed by atoms with van der Waals surface area (Å²) in [6.45, 7) is 2.14. The number of benzene rings is 1. The Labute approximate surface area is 94.2 Å². The number of halogens is 1. The first-order valence-corrected chi connectivity index (χ1v) is 5.43. The zero-order chi connectivity index (χ0) is 11.4. The molecule has 0 aromatic heterocycles. The van der Waals surface area contributed by atoms with Crippen LogP contribution in [0.2, 0.25) is 0 Å². The fraction of sp³-hybridized carbons (Fsp3) is 0.500. The average molecular weight is 225 g/mol. The molecule has 1 aromatic rings. The Kier molecular flexibility index (Phi) is 3.53. The van der Waals surface area contributed by atoms with E-state index in [0.29, 0.717) is 32.7 Å². The van der Waals surface area contributed by atoms with E-state index >= 15 is 0 Å². The maximum absolute atomic E-state index is 12.6. The van der Waals surface area contributed by atoms with Crippen molar-refractivity contribution in [3.63, 3.8) is 0 Å². The molecule has 1 aromatic carbocycles. The van der Waals surface area contributed by atoms with Crippen molar-refractivity contribution in [1.82, 2.24) is 5.32 Å². The van der Waals surface area contributed by atoms with E-state index in [9.17, 15) is 9.50 Å². The van der Waals surface area contributed by atoms with Gasteiger partial charge in [0.05, 0.1) is 6.61 Å². The highest BCUT2D eigenvalue weighted by Gasteiger charge is 2.31. The van der Waals surface area contributed by atoms with Gasteiger partial charge in [-0.15, -0.1) is 0 Å². The Morgan fingerprint density at radius 1 is 1.38 bits per heavy atom. The van der Waals surface area contributed by atoms with Crippen molar-refractivity contribution in [3.8, 4) is 0 Å². The number of ether oxygens (including phenoxy) is 1. The zero-order valence-corrected chi connectivity index (χ0v) is 9.08. The SMILES string of the molecule is OC1(CNCc2ccc(F)cc2)CCOC1. The number of hydrogen-bond donors (Lipinski definition) is 2. The Morgan fingerprint density at radius 2 is 2.12 bits per heavy atom. The van der Waals surface area contributed by atoms with E-state index in [4.69, 9.17) is 4.74 Å². The summed E-state index contributed by atoms with van der Waals surface area (Å²) >= 11 is 0. The van der Waals surface area contributed by atoms with E-state index in [1.54, 1.807) is 12.1 Å². The molecule has 0 amide bonds. The maximum atomic E-state index is 12.6. The summed E-state index contributed by atoms with van der Waals surface area (Å²) in [5.74, 6) is -0.230. The van der Waals surface area contributed by atoms with Gasteiger partial charge in [-0.05, 0) is 17.7 Å². The lowest BCUT2D eigenvalue weighted by Gasteiger charge is -2.20. The van der Waals surface area contributed by atoms with Crippen LogP contribution in [-0.2, 0) is 11.3 Å². The van der Waals surface area contributed by atoms with Crippen LogP contribution in [-0.4, -0.2) is 30.5 Å². The molecular weight excluding hydrogens is 209 g/mol. The second-order valence-electron chi connectivity index (χ2n) is 4.26. The largest absolute Gasteiger partial charge is 0.386 e. The summed E-state index contributed by atoms with van der Waals surface area (Å²) in [6, 6.07) is 6.34. The van der Waals surface area contributed by atoms with Gasteiger partial charge in [-0.2, -0.15) is 0 Å². The predicted octanol–water partition coefficient (Wildman–Crippen LogP) is 1.07. The van der Waals surface area contributed by atoms with Crippen molar-refractivity contribution >= 4 is 0 Å². The fourth-order valence-electron chi connectivity index (χ4n) is 1.78. The molecular formula is C12H16FNO2. The topological polar surface area (TPSA) is 41.5 Å². The highest BCUT2D eigenvalue weighted by atomic mass is 19.1. The number of rotatable bonds is 4. The normalized spacial score (nSPS) is 24.9. The molecule has 1 saturated heterocycles. The van der Waals surface area contributed by atoms with Gasteiger partial charge in [-0.25, -0.2) is 4.39 Å². The number of nitrogens with one attached hydrogen (secondary N) is 1. The minimum Gasteiger partial charge on any atom is -0.386 e. The van der Waals surface area contributed by atoms with E-state index in [1.807, 2.05) is 0 Å². The summed E-state index contributed by atoms with van der Waals surface area (Å²) < 4.78 is 17.8. The smallest absolute Gasteiger partial charge is 0.123 e. The standard InChI is InChI=1S/C12H16FNO2/c13-11-3-1-10(2-4-11)7-14-8-12(15)5-6-16-9-12/h1-4,14-15H,5-9H2. The maximum Gasteiger partial charge on any atom is 0.123 e. The lowest BCUT2D eigenvalue weighted by molar-refractivity contribution is 0.0268. The Hall–Kier alpha value is -0.970. The molecule has 0 radical (unpaired) electrons. The molecule has 16 heavy (non-hydrogen) atoms. The second kappa shape index (κ2) is 4.91. The quantitative estimate of drug-likeness (QED) is 0.805. The van der Waals surface area contributed by atoms with Crippen molar-refractivity contribution in [2.45, 2.75) is 18.6 Å². The molecule has 0 spiro atoms. The van der Waals surface area contributed by atoms with Gasteiger partial charge in [0.1, 0.15) is 11.4 Å². The third-order valence-corrected chi connectivity index (χ3v) is 2.78. The van der Waals surface area contributed by atoms with Crippen molar-refractivity contribution in [2.24, 2.45) is 0 Å². The lowest BCUT2D eigenvalue weighted by Crippen LogP contribution is -2.40. The van der Waals surface area contributed by atoms with E-state index < -0.39 is 5.60 Å². The molecule has 4 heteroatoms. The van der Waals surface area contributed by atoms with Gasteiger partial charge in [0.25, 0.3) is 0 Å².